The van der Waals surface area contributed by atoms with Gasteiger partial charge in [-0.2, -0.15) is 0 Å². The molecule has 0 heterocycles. The second-order valence-corrected chi connectivity index (χ2v) is 3.50. The minimum absolute atomic E-state index is 0.382. The fourth-order valence-corrected chi connectivity index (χ4v) is 1.11. The molecule has 0 unspecified atom stereocenters. The first-order chi connectivity index (χ1) is 6.04. The molecule has 72 valence electrons. The van der Waals surface area contributed by atoms with Gasteiger partial charge in [-0.05, 0) is 25.0 Å². The van der Waals surface area contributed by atoms with E-state index in [0.717, 1.165) is 5.56 Å². The number of hydrogen-bond donors (Lipinski definition) is 2. The van der Waals surface area contributed by atoms with Gasteiger partial charge in [-0.15, -0.1) is 0 Å². The normalized spacial score (nSPS) is 11.7. The Hall–Kier alpha value is -0.930. The molecule has 0 aliphatic carbocycles. The minimum Gasteiger partial charge on any atom is -0.316 e. The SMILES string of the molecule is CC(C)(F)c1ccc(CNO)cc1. The van der Waals surface area contributed by atoms with Crippen LogP contribution < -0.4 is 5.48 Å². The Morgan fingerprint density at radius 3 is 2.23 bits per heavy atom. The molecule has 3 heteroatoms. The number of alkyl halides is 1. The van der Waals surface area contributed by atoms with Gasteiger partial charge in [0.2, 0.25) is 0 Å². The van der Waals surface area contributed by atoms with Gasteiger partial charge in [-0.1, -0.05) is 24.3 Å². The van der Waals surface area contributed by atoms with Gasteiger partial charge in [0.1, 0.15) is 5.67 Å². The quantitative estimate of drug-likeness (QED) is 0.705. The smallest absolute Gasteiger partial charge is 0.130 e. The lowest BCUT2D eigenvalue weighted by molar-refractivity contribution is 0.161. The van der Waals surface area contributed by atoms with Crippen LogP contribution in [0.15, 0.2) is 24.3 Å². The third-order valence-electron chi connectivity index (χ3n) is 1.92. The number of rotatable bonds is 3. The second kappa shape index (κ2) is 3.85. The van der Waals surface area contributed by atoms with Gasteiger partial charge < -0.3 is 5.21 Å². The molecule has 0 fully saturated rings. The maximum Gasteiger partial charge on any atom is 0.130 e. The molecule has 0 bridgehead atoms. The summed E-state index contributed by atoms with van der Waals surface area (Å²) in [5, 5.41) is 8.42. The number of nitrogens with one attached hydrogen (secondary N) is 1. The van der Waals surface area contributed by atoms with Crippen molar-refractivity contribution >= 4 is 0 Å². The Kier molecular flexibility index (Phi) is 3.01. The van der Waals surface area contributed by atoms with Crippen molar-refractivity contribution in [1.29, 1.82) is 0 Å². The predicted molar refractivity (Wildman–Crippen MR) is 49.2 cm³/mol. The van der Waals surface area contributed by atoms with Crippen LogP contribution in [0.1, 0.15) is 25.0 Å². The van der Waals surface area contributed by atoms with Crippen molar-refractivity contribution in [2.24, 2.45) is 0 Å². The Labute approximate surface area is 77.4 Å². The van der Waals surface area contributed by atoms with Crippen molar-refractivity contribution in [3.63, 3.8) is 0 Å². The summed E-state index contributed by atoms with van der Waals surface area (Å²) in [4.78, 5) is 0. The highest BCUT2D eigenvalue weighted by molar-refractivity contribution is 5.26. The zero-order valence-corrected chi connectivity index (χ0v) is 7.84. The van der Waals surface area contributed by atoms with Crippen LogP contribution in [0.5, 0.6) is 0 Å². The molecule has 0 aliphatic heterocycles. The average Bonchev–Trinajstić information content (AvgIpc) is 2.04. The van der Waals surface area contributed by atoms with Crippen LogP contribution in [0.25, 0.3) is 0 Å². The third kappa shape index (κ3) is 2.79. The van der Waals surface area contributed by atoms with Crippen molar-refractivity contribution in [3.8, 4) is 0 Å². The summed E-state index contributed by atoms with van der Waals surface area (Å²) in [5.41, 5.74) is 2.32. The van der Waals surface area contributed by atoms with Gasteiger partial charge >= 0.3 is 0 Å². The van der Waals surface area contributed by atoms with Crippen molar-refractivity contribution in [1.82, 2.24) is 5.48 Å². The van der Waals surface area contributed by atoms with Crippen LogP contribution in [0, 0.1) is 0 Å². The topological polar surface area (TPSA) is 32.3 Å². The first kappa shape index (κ1) is 10.2. The average molecular weight is 183 g/mol. The molecule has 0 spiro atoms. The van der Waals surface area contributed by atoms with E-state index in [0.29, 0.717) is 12.1 Å². The molecule has 1 aromatic rings. The van der Waals surface area contributed by atoms with Gasteiger partial charge in [0.25, 0.3) is 0 Å². The highest BCUT2D eigenvalue weighted by Crippen LogP contribution is 2.24. The van der Waals surface area contributed by atoms with Crippen molar-refractivity contribution in [2.45, 2.75) is 26.1 Å². The van der Waals surface area contributed by atoms with Crippen LogP contribution in [-0.2, 0) is 12.2 Å². The molecule has 0 atom stereocenters. The van der Waals surface area contributed by atoms with Crippen LogP contribution >= 0.6 is 0 Å². The van der Waals surface area contributed by atoms with E-state index in [1.807, 2.05) is 5.48 Å². The Morgan fingerprint density at radius 2 is 1.85 bits per heavy atom. The molecular weight excluding hydrogens is 169 g/mol. The molecule has 0 aromatic heterocycles. The highest BCUT2D eigenvalue weighted by atomic mass is 19.1. The van der Waals surface area contributed by atoms with Gasteiger partial charge in [0, 0.05) is 6.54 Å². The fraction of sp³-hybridized carbons (Fsp3) is 0.400. The summed E-state index contributed by atoms with van der Waals surface area (Å²) >= 11 is 0. The summed E-state index contributed by atoms with van der Waals surface area (Å²) in [6, 6.07) is 7.04. The van der Waals surface area contributed by atoms with E-state index in [-0.39, 0.29) is 0 Å². The predicted octanol–water partition coefficient (Wildman–Crippen LogP) is 2.37. The summed E-state index contributed by atoms with van der Waals surface area (Å²) < 4.78 is 13.4. The molecule has 1 aromatic carbocycles. The number of benzene rings is 1. The van der Waals surface area contributed by atoms with Gasteiger partial charge in [-0.3, -0.25) is 0 Å². The first-order valence-corrected chi connectivity index (χ1v) is 4.19. The van der Waals surface area contributed by atoms with Crippen molar-refractivity contribution < 1.29 is 9.60 Å². The van der Waals surface area contributed by atoms with Crippen LogP contribution in [0.4, 0.5) is 4.39 Å². The standard InChI is InChI=1S/C10H14FNO/c1-10(2,11)9-5-3-8(4-6-9)7-12-13/h3-6,12-13H,7H2,1-2H3. The molecule has 2 nitrogen and oxygen atoms in total. The first-order valence-electron chi connectivity index (χ1n) is 4.19. The molecule has 0 saturated carbocycles. The molecule has 13 heavy (non-hydrogen) atoms. The summed E-state index contributed by atoms with van der Waals surface area (Å²) in [5.74, 6) is 0. The van der Waals surface area contributed by atoms with E-state index in [1.165, 1.54) is 13.8 Å². The second-order valence-electron chi connectivity index (χ2n) is 3.50. The van der Waals surface area contributed by atoms with Crippen LogP contribution in [0.2, 0.25) is 0 Å². The molecule has 0 amide bonds. The van der Waals surface area contributed by atoms with Crippen molar-refractivity contribution in [2.75, 3.05) is 0 Å². The third-order valence-corrected chi connectivity index (χ3v) is 1.92. The van der Waals surface area contributed by atoms with Crippen LogP contribution in [-0.4, -0.2) is 5.21 Å². The lowest BCUT2D eigenvalue weighted by Crippen LogP contribution is -2.10. The number of hydroxylamine groups is 1. The molecule has 1 rings (SSSR count). The lowest BCUT2D eigenvalue weighted by atomic mass is 9.99. The van der Waals surface area contributed by atoms with E-state index >= 15 is 0 Å². The Bertz CT molecular complexity index is 263. The fourth-order valence-electron chi connectivity index (χ4n) is 1.11. The monoisotopic (exact) mass is 183 g/mol. The number of hydrogen-bond acceptors (Lipinski definition) is 2. The summed E-state index contributed by atoms with van der Waals surface area (Å²) in [6.07, 6.45) is 0. The van der Waals surface area contributed by atoms with E-state index in [4.69, 9.17) is 5.21 Å². The molecule has 0 aliphatic rings. The molecule has 0 saturated heterocycles. The number of halogens is 1. The summed E-state index contributed by atoms with van der Waals surface area (Å²) in [6.45, 7) is 3.42. The van der Waals surface area contributed by atoms with Gasteiger partial charge in [0.05, 0.1) is 0 Å². The maximum atomic E-state index is 13.4. The molecule has 2 N–H and O–H groups in total. The van der Waals surface area contributed by atoms with Crippen molar-refractivity contribution in [3.05, 3.63) is 35.4 Å². The van der Waals surface area contributed by atoms with E-state index < -0.39 is 5.67 Å². The van der Waals surface area contributed by atoms with Gasteiger partial charge in [0.15, 0.2) is 0 Å². The Morgan fingerprint density at radius 1 is 1.31 bits per heavy atom. The van der Waals surface area contributed by atoms with E-state index in [1.54, 1.807) is 24.3 Å². The molecular formula is C10H14FNO. The minimum atomic E-state index is -1.30. The van der Waals surface area contributed by atoms with E-state index in [9.17, 15) is 4.39 Å². The van der Waals surface area contributed by atoms with Crippen LogP contribution in [0.3, 0.4) is 0 Å². The van der Waals surface area contributed by atoms with Gasteiger partial charge in [-0.25, -0.2) is 9.87 Å². The maximum absolute atomic E-state index is 13.4. The zero-order chi connectivity index (χ0) is 9.90. The molecule has 0 radical (unpaired) electrons. The highest BCUT2D eigenvalue weighted by Gasteiger charge is 2.17. The lowest BCUT2D eigenvalue weighted by Gasteiger charge is -2.14. The largest absolute Gasteiger partial charge is 0.316 e. The Balaban J connectivity index is 2.81. The zero-order valence-electron chi connectivity index (χ0n) is 7.84. The van der Waals surface area contributed by atoms with E-state index in [2.05, 4.69) is 0 Å². The summed E-state index contributed by atoms with van der Waals surface area (Å²) in [7, 11) is 0.